The van der Waals surface area contributed by atoms with E-state index in [0.29, 0.717) is 6.04 Å². The Hall–Kier alpha value is -3.24. The van der Waals surface area contributed by atoms with E-state index in [1.165, 1.54) is 30.4 Å². The van der Waals surface area contributed by atoms with Crippen LogP contribution in [0.1, 0.15) is 54.8 Å². The molecule has 0 spiro atoms. The SMILES string of the molecule is O=C(/C=C\c1cccnc1)NCCCCC1CCN(C(c2ccccc2)c2ccccc2)CC1. The van der Waals surface area contributed by atoms with Crippen molar-refractivity contribution in [1.82, 2.24) is 15.2 Å². The Balaban J connectivity index is 1.18. The Morgan fingerprint density at radius 3 is 2.24 bits per heavy atom. The summed E-state index contributed by atoms with van der Waals surface area (Å²) >= 11 is 0. The summed E-state index contributed by atoms with van der Waals surface area (Å²) in [5, 5.41) is 2.99. The zero-order valence-electron chi connectivity index (χ0n) is 19.9. The normalized spacial score (nSPS) is 15.1. The molecule has 3 aromatic rings. The lowest BCUT2D eigenvalue weighted by Gasteiger charge is -2.38. The third-order valence-electron chi connectivity index (χ3n) is 6.69. The minimum atomic E-state index is -0.0370. The number of nitrogens with one attached hydrogen (secondary N) is 1. The van der Waals surface area contributed by atoms with E-state index in [1.807, 2.05) is 12.1 Å². The van der Waals surface area contributed by atoms with Crippen molar-refractivity contribution in [2.24, 2.45) is 5.92 Å². The van der Waals surface area contributed by atoms with Gasteiger partial charge in [-0.2, -0.15) is 0 Å². The highest BCUT2D eigenvalue weighted by atomic mass is 16.1. The van der Waals surface area contributed by atoms with Crippen LogP contribution in [0.2, 0.25) is 0 Å². The fraction of sp³-hybridized carbons (Fsp3) is 0.333. The molecule has 1 fully saturated rings. The van der Waals surface area contributed by atoms with Gasteiger partial charge in [0.2, 0.25) is 5.91 Å². The molecule has 1 aliphatic rings. The number of nitrogens with zero attached hydrogens (tertiary/aromatic N) is 2. The van der Waals surface area contributed by atoms with Gasteiger partial charge in [0, 0.05) is 25.0 Å². The highest BCUT2D eigenvalue weighted by Gasteiger charge is 2.27. The largest absolute Gasteiger partial charge is 0.353 e. The molecule has 1 amide bonds. The first kappa shape index (κ1) is 23.9. The molecule has 1 N–H and O–H groups in total. The molecule has 2 aromatic carbocycles. The molecule has 2 heterocycles. The number of carbonyl (C=O) groups is 1. The summed E-state index contributed by atoms with van der Waals surface area (Å²) in [6, 6.07) is 25.9. The van der Waals surface area contributed by atoms with Gasteiger partial charge in [-0.15, -0.1) is 0 Å². The van der Waals surface area contributed by atoms with E-state index in [9.17, 15) is 4.79 Å². The number of hydrogen-bond acceptors (Lipinski definition) is 3. The topological polar surface area (TPSA) is 45.2 Å². The standard InChI is InChI=1S/C30H35N3O/c34-29(17-16-26-11-9-20-31-24-26)32-21-8-7-10-25-18-22-33(23-19-25)30(27-12-3-1-4-13-27)28-14-5-2-6-15-28/h1-6,9,11-17,20,24-25,30H,7-8,10,18-19,21-23H2,(H,32,34)/b17-16-. The molecule has 4 heteroatoms. The molecule has 0 saturated carbocycles. The van der Waals surface area contributed by atoms with Crippen LogP contribution in [0, 0.1) is 5.92 Å². The zero-order chi connectivity index (χ0) is 23.4. The molecule has 0 atom stereocenters. The number of piperidine rings is 1. The summed E-state index contributed by atoms with van der Waals surface area (Å²) < 4.78 is 0. The third kappa shape index (κ3) is 7.13. The van der Waals surface area contributed by atoms with Crippen LogP contribution < -0.4 is 5.32 Å². The summed E-state index contributed by atoms with van der Waals surface area (Å²) in [5.41, 5.74) is 3.69. The lowest BCUT2D eigenvalue weighted by molar-refractivity contribution is -0.116. The molecule has 0 bridgehead atoms. The number of rotatable bonds is 10. The number of pyridine rings is 1. The predicted molar refractivity (Wildman–Crippen MR) is 139 cm³/mol. The first-order chi connectivity index (χ1) is 16.8. The highest BCUT2D eigenvalue weighted by molar-refractivity contribution is 5.91. The van der Waals surface area contributed by atoms with Gasteiger partial charge < -0.3 is 5.32 Å². The smallest absolute Gasteiger partial charge is 0.243 e. The van der Waals surface area contributed by atoms with Crippen LogP contribution in [-0.2, 0) is 4.79 Å². The lowest BCUT2D eigenvalue weighted by Crippen LogP contribution is -2.37. The van der Waals surface area contributed by atoms with Crippen molar-refractivity contribution in [3.05, 3.63) is 108 Å². The van der Waals surface area contributed by atoms with Crippen LogP contribution in [0.25, 0.3) is 6.08 Å². The number of unbranched alkanes of at least 4 members (excludes halogenated alkanes) is 1. The Morgan fingerprint density at radius 1 is 0.941 bits per heavy atom. The van der Waals surface area contributed by atoms with Crippen molar-refractivity contribution in [3.8, 4) is 0 Å². The summed E-state index contributed by atoms with van der Waals surface area (Å²) in [6.45, 7) is 3.00. The summed E-state index contributed by atoms with van der Waals surface area (Å²) in [4.78, 5) is 18.7. The number of carbonyl (C=O) groups excluding carboxylic acids is 1. The number of benzene rings is 2. The van der Waals surface area contributed by atoms with Crippen molar-refractivity contribution < 1.29 is 4.79 Å². The molecular weight excluding hydrogens is 418 g/mol. The molecule has 0 radical (unpaired) electrons. The quantitative estimate of drug-likeness (QED) is 0.308. The van der Waals surface area contributed by atoms with E-state index in [1.54, 1.807) is 24.5 Å². The van der Waals surface area contributed by atoms with Crippen LogP contribution in [0.15, 0.2) is 91.3 Å². The molecule has 34 heavy (non-hydrogen) atoms. The van der Waals surface area contributed by atoms with E-state index < -0.39 is 0 Å². The zero-order valence-corrected chi connectivity index (χ0v) is 19.9. The molecule has 176 valence electrons. The van der Waals surface area contributed by atoms with E-state index in [2.05, 4.69) is 75.9 Å². The molecule has 1 saturated heterocycles. The Bertz CT molecular complexity index is 973. The van der Waals surface area contributed by atoms with Gasteiger partial charge in [-0.1, -0.05) is 79.6 Å². The van der Waals surface area contributed by atoms with Crippen LogP contribution >= 0.6 is 0 Å². The molecular formula is C30H35N3O. The fourth-order valence-corrected chi connectivity index (χ4v) is 4.86. The van der Waals surface area contributed by atoms with Gasteiger partial charge in [-0.05, 0) is 67.1 Å². The summed E-state index contributed by atoms with van der Waals surface area (Å²) in [7, 11) is 0. The second-order valence-corrected chi connectivity index (χ2v) is 9.11. The lowest BCUT2D eigenvalue weighted by atomic mass is 9.88. The van der Waals surface area contributed by atoms with Gasteiger partial charge >= 0.3 is 0 Å². The minimum absolute atomic E-state index is 0.0370. The summed E-state index contributed by atoms with van der Waals surface area (Å²) in [5.74, 6) is 0.745. The number of hydrogen-bond donors (Lipinski definition) is 1. The van der Waals surface area contributed by atoms with Crippen molar-refractivity contribution in [1.29, 1.82) is 0 Å². The van der Waals surface area contributed by atoms with Crippen molar-refractivity contribution in [2.75, 3.05) is 19.6 Å². The van der Waals surface area contributed by atoms with Gasteiger partial charge in [0.25, 0.3) is 0 Å². The second-order valence-electron chi connectivity index (χ2n) is 9.11. The number of aromatic nitrogens is 1. The molecule has 0 aliphatic carbocycles. The van der Waals surface area contributed by atoms with E-state index in [-0.39, 0.29) is 5.91 Å². The Morgan fingerprint density at radius 2 is 1.62 bits per heavy atom. The maximum Gasteiger partial charge on any atom is 0.243 e. The maximum absolute atomic E-state index is 12.0. The molecule has 0 unspecified atom stereocenters. The maximum atomic E-state index is 12.0. The predicted octanol–water partition coefficient (Wildman–Crippen LogP) is 5.88. The molecule has 1 aliphatic heterocycles. The van der Waals surface area contributed by atoms with E-state index >= 15 is 0 Å². The van der Waals surface area contributed by atoms with Gasteiger partial charge in [-0.3, -0.25) is 14.7 Å². The average Bonchev–Trinajstić information content (AvgIpc) is 2.90. The minimum Gasteiger partial charge on any atom is -0.353 e. The van der Waals surface area contributed by atoms with Crippen LogP contribution in [-0.4, -0.2) is 35.4 Å². The van der Waals surface area contributed by atoms with Crippen LogP contribution in [0.5, 0.6) is 0 Å². The van der Waals surface area contributed by atoms with Gasteiger partial charge in [0.05, 0.1) is 6.04 Å². The van der Waals surface area contributed by atoms with Crippen molar-refractivity contribution in [3.63, 3.8) is 0 Å². The van der Waals surface area contributed by atoms with E-state index in [4.69, 9.17) is 0 Å². The second kappa shape index (κ2) is 12.9. The Kier molecular flexibility index (Phi) is 9.04. The number of likely N-dealkylation sites (tertiary alicyclic amines) is 1. The van der Waals surface area contributed by atoms with Gasteiger partial charge in [0.1, 0.15) is 0 Å². The summed E-state index contributed by atoms with van der Waals surface area (Å²) in [6.07, 6.45) is 12.8. The Labute approximate surface area is 203 Å². The molecule has 1 aromatic heterocycles. The first-order valence-electron chi connectivity index (χ1n) is 12.5. The van der Waals surface area contributed by atoms with Crippen molar-refractivity contribution >= 4 is 12.0 Å². The first-order valence-corrected chi connectivity index (χ1v) is 12.5. The highest BCUT2D eigenvalue weighted by Crippen LogP contribution is 2.33. The van der Waals surface area contributed by atoms with Gasteiger partial charge in [-0.25, -0.2) is 0 Å². The van der Waals surface area contributed by atoms with Gasteiger partial charge in [0.15, 0.2) is 0 Å². The van der Waals surface area contributed by atoms with Crippen LogP contribution in [0.3, 0.4) is 0 Å². The van der Waals surface area contributed by atoms with Crippen LogP contribution in [0.4, 0.5) is 0 Å². The fourth-order valence-electron chi connectivity index (χ4n) is 4.86. The molecule has 4 rings (SSSR count). The van der Waals surface area contributed by atoms with Crippen molar-refractivity contribution in [2.45, 2.75) is 38.1 Å². The van der Waals surface area contributed by atoms with E-state index in [0.717, 1.165) is 44.0 Å². The third-order valence-corrected chi connectivity index (χ3v) is 6.69. The monoisotopic (exact) mass is 453 g/mol. The molecule has 4 nitrogen and oxygen atoms in total. The number of amides is 1. The average molecular weight is 454 g/mol.